The molecule has 1 aromatic heterocycles. The molecule has 2 N–H and O–H groups in total. The van der Waals surface area contributed by atoms with Gasteiger partial charge in [-0.2, -0.15) is 0 Å². The van der Waals surface area contributed by atoms with Crippen molar-refractivity contribution in [1.29, 1.82) is 0 Å². The molecule has 0 saturated heterocycles. The van der Waals surface area contributed by atoms with Crippen molar-refractivity contribution < 1.29 is 9.47 Å². The van der Waals surface area contributed by atoms with E-state index in [0.29, 0.717) is 6.79 Å². The molecule has 0 fully saturated rings. The van der Waals surface area contributed by atoms with Gasteiger partial charge in [0.05, 0.1) is 10.3 Å². The van der Waals surface area contributed by atoms with Crippen LogP contribution in [0.2, 0.25) is 0 Å². The van der Waals surface area contributed by atoms with E-state index in [4.69, 9.17) is 9.47 Å². The fourth-order valence-electron chi connectivity index (χ4n) is 2.26. The molecular formula is C16H18BrN3O2S. The molecular weight excluding hydrogens is 378 g/mol. The summed E-state index contributed by atoms with van der Waals surface area (Å²) in [7, 11) is 1.78. The number of ether oxygens (including phenoxy) is 2. The fourth-order valence-corrected chi connectivity index (χ4v) is 3.68. The van der Waals surface area contributed by atoms with Gasteiger partial charge in [-0.3, -0.25) is 4.99 Å². The third-order valence-corrected chi connectivity index (χ3v) is 5.05. The minimum Gasteiger partial charge on any atom is -0.454 e. The van der Waals surface area contributed by atoms with E-state index in [1.807, 2.05) is 12.1 Å². The summed E-state index contributed by atoms with van der Waals surface area (Å²) in [6.07, 6.45) is 0.891. The van der Waals surface area contributed by atoms with Crippen LogP contribution in [-0.2, 0) is 13.0 Å². The summed E-state index contributed by atoms with van der Waals surface area (Å²) in [6, 6.07) is 10.2. The molecule has 0 amide bonds. The molecule has 1 aromatic carbocycles. The van der Waals surface area contributed by atoms with Gasteiger partial charge in [0.2, 0.25) is 6.79 Å². The predicted molar refractivity (Wildman–Crippen MR) is 96.5 cm³/mol. The third-order valence-electron chi connectivity index (χ3n) is 3.43. The van der Waals surface area contributed by atoms with Gasteiger partial charge in [-0.25, -0.2) is 0 Å². The van der Waals surface area contributed by atoms with Crippen LogP contribution in [0.3, 0.4) is 0 Å². The van der Waals surface area contributed by atoms with Crippen molar-refractivity contribution >= 4 is 33.2 Å². The Morgan fingerprint density at radius 2 is 2.09 bits per heavy atom. The predicted octanol–water partition coefficient (Wildman–Crippen LogP) is 3.15. The number of fused-ring (bicyclic) bond motifs is 1. The van der Waals surface area contributed by atoms with Crippen molar-refractivity contribution in [2.24, 2.45) is 4.99 Å². The van der Waals surface area contributed by atoms with Gasteiger partial charge in [0.15, 0.2) is 17.5 Å². The summed E-state index contributed by atoms with van der Waals surface area (Å²) in [6.45, 7) is 1.87. The van der Waals surface area contributed by atoms with Gasteiger partial charge in [0.1, 0.15) is 0 Å². The average Bonchev–Trinajstić information content (AvgIpc) is 3.18. The zero-order valence-corrected chi connectivity index (χ0v) is 15.2. The van der Waals surface area contributed by atoms with E-state index >= 15 is 0 Å². The van der Waals surface area contributed by atoms with E-state index in [9.17, 15) is 0 Å². The van der Waals surface area contributed by atoms with Gasteiger partial charge in [0.25, 0.3) is 0 Å². The highest BCUT2D eigenvalue weighted by atomic mass is 79.9. The second-order valence-corrected chi connectivity index (χ2v) is 7.54. The number of thiophene rings is 1. The van der Waals surface area contributed by atoms with Gasteiger partial charge in [-0.15, -0.1) is 11.3 Å². The number of rotatable bonds is 5. The Kier molecular flexibility index (Phi) is 5.40. The van der Waals surface area contributed by atoms with E-state index in [-0.39, 0.29) is 0 Å². The Labute approximate surface area is 147 Å². The standard InChI is InChI=1S/C16H18BrN3O2S/c1-18-16(20-9-12-3-5-15(17)23-12)19-7-6-11-2-4-13-14(8-11)22-10-21-13/h2-5,8H,6-7,9-10H2,1H3,(H2,18,19,20). The van der Waals surface area contributed by atoms with Crippen LogP contribution in [-0.4, -0.2) is 26.3 Å². The lowest BCUT2D eigenvalue weighted by Gasteiger charge is -2.11. The minimum atomic E-state index is 0.312. The van der Waals surface area contributed by atoms with Crippen LogP contribution < -0.4 is 20.1 Å². The summed E-state index contributed by atoms with van der Waals surface area (Å²) >= 11 is 5.19. The molecule has 7 heteroatoms. The fraction of sp³-hybridized carbons (Fsp3) is 0.312. The maximum Gasteiger partial charge on any atom is 0.231 e. The first kappa shape index (κ1) is 16.1. The Balaban J connectivity index is 1.45. The molecule has 3 rings (SSSR count). The number of nitrogens with one attached hydrogen (secondary N) is 2. The zero-order valence-electron chi connectivity index (χ0n) is 12.8. The Bertz CT molecular complexity index is 702. The normalized spacial score (nSPS) is 13.2. The molecule has 0 radical (unpaired) electrons. The molecule has 122 valence electrons. The topological polar surface area (TPSA) is 54.9 Å². The van der Waals surface area contributed by atoms with Crippen LogP contribution in [0.4, 0.5) is 0 Å². The lowest BCUT2D eigenvalue weighted by atomic mass is 10.1. The largest absolute Gasteiger partial charge is 0.454 e. The molecule has 1 aliphatic heterocycles. The Morgan fingerprint density at radius 1 is 1.22 bits per heavy atom. The average molecular weight is 396 g/mol. The van der Waals surface area contributed by atoms with Crippen molar-refractivity contribution in [3.63, 3.8) is 0 Å². The number of guanidine groups is 1. The van der Waals surface area contributed by atoms with Crippen molar-refractivity contribution in [2.75, 3.05) is 20.4 Å². The minimum absolute atomic E-state index is 0.312. The number of hydrogen-bond acceptors (Lipinski definition) is 4. The van der Waals surface area contributed by atoms with E-state index < -0.39 is 0 Å². The monoisotopic (exact) mass is 395 g/mol. The van der Waals surface area contributed by atoms with Crippen LogP contribution in [0.15, 0.2) is 39.1 Å². The maximum absolute atomic E-state index is 5.40. The Hall–Kier alpha value is -1.73. The van der Waals surface area contributed by atoms with Gasteiger partial charge in [-0.1, -0.05) is 6.07 Å². The number of halogens is 1. The number of hydrogen-bond donors (Lipinski definition) is 2. The van der Waals surface area contributed by atoms with Crippen molar-refractivity contribution in [3.8, 4) is 11.5 Å². The first-order valence-corrected chi connectivity index (χ1v) is 8.93. The van der Waals surface area contributed by atoms with Crippen LogP contribution in [0.5, 0.6) is 11.5 Å². The second-order valence-electron chi connectivity index (χ2n) is 5.00. The van der Waals surface area contributed by atoms with E-state index in [2.05, 4.69) is 49.8 Å². The molecule has 23 heavy (non-hydrogen) atoms. The van der Waals surface area contributed by atoms with Crippen LogP contribution >= 0.6 is 27.3 Å². The molecule has 1 aliphatic rings. The molecule has 2 heterocycles. The second kappa shape index (κ2) is 7.70. The van der Waals surface area contributed by atoms with Gasteiger partial charge >= 0.3 is 0 Å². The summed E-state index contributed by atoms with van der Waals surface area (Å²) in [5.41, 5.74) is 1.21. The molecule has 0 saturated carbocycles. The molecule has 0 unspecified atom stereocenters. The highest BCUT2D eigenvalue weighted by molar-refractivity contribution is 9.11. The highest BCUT2D eigenvalue weighted by Gasteiger charge is 2.12. The zero-order chi connectivity index (χ0) is 16.1. The Morgan fingerprint density at radius 3 is 2.87 bits per heavy atom. The van der Waals surface area contributed by atoms with Crippen molar-refractivity contribution in [1.82, 2.24) is 10.6 Å². The van der Waals surface area contributed by atoms with Gasteiger partial charge < -0.3 is 20.1 Å². The summed E-state index contributed by atoms with van der Waals surface area (Å²) in [4.78, 5) is 5.50. The molecule has 0 atom stereocenters. The summed E-state index contributed by atoms with van der Waals surface area (Å²) < 4.78 is 11.9. The summed E-state index contributed by atoms with van der Waals surface area (Å²) in [5, 5.41) is 6.63. The summed E-state index contributed by atoms with van der Waals surface area (Å²) in [5.74, 6) is 2.45. The molecule has 0 aliphatic carbocycles. The first-order valence-electron chi connectivity index (χ1n) is 7.32. The molecule has 2 aromatic rings. The van der Waals surface area contributed by atoms with E-state index in [0.717, 1.165) is 40.8 Å². The maximum atomic E-state index is 5.40. The van der Waals surface area contributed by atoms with E-state index in [1.165, 1.54) is 10.4 Å². The number of aliphatic imine (C=N–C) groups is 1. The van der Waals surface area contributed by atoms with Crippen LogP contribution in [0, 0.1) is 0 Å². The smallest absolute Gasteiger partial charge is 0.231 e. The molecule has 0 bridgehead atoms. The highest BCUT2D eigenvalue weighted by Crippen LogP contribution is 2.32. The lowest BCUT2D eigenvalue weighted by Crippen LogP contribution is -2.37. The third kappa shape index (κ3) is 4.39. The van der Waals surface area contributed by atoms with Crippen molar-refractivity contribution in [2.45, 2.75) is 13.0 Å². The molecule has 0 spiro atoms. The van der Waals surface area contributed by atoms with Gasteiger partial charge in [0, 0.05) is 18.5 Å². The van der Waals surface area contributed by atoms with E-state index in [1.54, 1.807) is 18.4 Å². The quantitative estimate of drug-likeness (QED) is 0.602. The number of nitrogens with zero attached hydrogens (tertiary/aromatic N) is 1. The first-order chi connectivity index (χ1) is 11.2. The molecule has 5 nitrogen and oxygen atoms in total. The van der Waals surface area contributed by atoms with Crippen LogP contribution in [0.25, 0.3) is 0 Å². The van der Waals surface area contributed by atoms with Crippen LogP contribution in [0.1, 0.15) is 10.4 Å². The van der Waals surface area contributed by atoms with Crippen molar-refractivity contribution in [3.05, 3.63) is 44.6 Å². The van der Waals surface area contributed by atoms with Gasteiger partial charge in [-0.05, 0) is 52.2 Å². The number of benzene rings is 1. The SMILES string of the molecule is CN=C(NCCc1ccc2c(c1)OCO2)NCc1ccc(Br)s1. The lowest BCUT2D eigenvalue weighted by molar-refractivity contribution is 0.174.